The summed E-state index contributed by atoms with van der Waals surface area (Å²) in [5.74, 6) is 0.678. The van der Waals surface area contributed by atoms with Crippen molar-refractivity contribution < 1.29 is 14.3 Å². The molecule has 1 N–H and O–H groups in total. The van der Waals surface area contributed by atoms with Gasteiger partial charge in [0.05, 0.1) is 6.10 Å². The minimum atomic E-state index is -0.416. The highest BCUT2D eigenvalue weighted by Crippen LogP contribution is 2.32. The van der Waals surface area contributed by atoms with E-state index in [0.29, 0.717) is 23.9 Å². The minimum absolute atomic E-state index is 0.203. The van der Waals surface area contributed by atoms with Crippen LogP contribution in [0.4, 0.5) is 0 Å². The predicted octanol–water partition coefficient (Wildman–Crippen LogP) is 0.826. The van der Waals surface area contributed by atoms with E-state index in [4.69, 9.17) is 4.42 Å². The third kappa shape index (κ3) is 2.24. The maximum atomic E-state index is 11.9. The summed E-state index contributed by atoms with van der Waals surface area (Å²) in [6.45, 7) is 2.06. The third-order valence-corrected chi connectivity index (χ3v) is 2.92. The quantitative estimate of drug-likeness (QED) is 0.822. The lowest BCUT2D eigenvalue weighted by atomic mass is 10.2. The Hall–Kier alpha value is -1.36. The van der Waals surface area contributed by atoms with Gasteiger partial charge in [-0.15, -0.1) is 0 Å². The molecule has 0 spiro atoms. The monoisotopic (exact) mass is 224 g/mol. The molecule has 1 aromatic rings. The first-order valence-electron chi connectivity index (χ1n) is 5.43. The lowest BCUT2D eigenvalue weighted by Crippen LogP contribution is -2.35. The van der Waals surface area contributed by atoms with Gasteiger partial charge in [0, 0.05) is 13.6 Å². The Bertz CT molecular complexity index is 384. The van der Waals surface area contributed by atoms with Crippen molar-refractivity contribution in [1.82, 2.24) is 9.88 Å². The molecule has 16 heavy (non-hydrogen) atoms. The fourth-order valence-corrected chi connectivity index (χ4v) is 1.68. The van der Waals surface area contributed by atoms with Crippen LogP contribution in [0.5, 0.6) is 0 Å². The minimum Gasteiger partial charge on any atom is -0.448 e. The summed E-state index contributed by atoms with van der Waals surface area (Å²) in [7, 11) is 1.67. The van der Waals surface area contributed by atoms with Crippen LogP contribution in [-0.4, -0.2) is 40.6 Å². The first kappa shape index (κ1) is 11.1. The van der Waals surface area contributed by atoms with Crippen LogP contribution in [0, 0.1) is 12.8 Å². The standard InChI is InChI=1S/C11H16N2O3/c1-7-10(12-6-16-7)11(15)13(2)5-9(14)8-3-4-8/h6,8-9,14H,3-5H2,1-2H3. The molecule has 2 rings (SSSR count). The maximum absolute atomic E-state index is 11.9. The summed E-state index contributed by atoms with van der Waals surface area (Å²) in [4.78, 5) is 17.3. The summed E-state index contributed by atoms with van der Waals surface area (Å²) in [6.07, 6.45) is 2.97. The van der Waals surface area contributed by atoms with Crippen LogP contribution in [0.2, 0.25) is 0 Å². The molecule has 1 aliphatic rings. The molecule has 5 nitrogen and oxygen atoms in total. The fourth-order valence-electron chi connectivity index (χ4n) is 1.68. The molecule has 0 radical (unpaired) electrons. The van der Waals surface area contributed by atoms with Crippen LogP contribution >= 0.6 is 0 Å². The van der Waals surface area contributed by atoms with E-state index in [-0.39, 0.29) is 5.91 Å². The normalized spacial score (nSPS) is 17.2. The molecular formula is C11H16N2O3. The lowest BCUT2D eigenvalue weighted by Gasteiger charge is -2.19. The van der Waals surface area contributed by atoms with Gasteiger partial charge in [0.15, 0.2) is 12.1 Å². The highest BCUT2D eigenvalue weighted by molar-refractivity contribution is 5.92. The van der Waals surface area contributed by atoms with E-state index in [9.17, 15) is 9.90 Å². The fraction of sp³-hybridized carbons (Fsp3) is 0.636. The predicted molar refractivity (Wildman–Crippen MR) is 56.9 cm³/mol. The van der Waals surface area contributed by atoms with Crippen LogP contribution in [0.3, 0.4) is 0 Å². The molecule has 1 saturated carbocycles. The second-order valence-electron chi connectivity index (χ2n) is 4.35. The number of rotatable bonds is 4. The molecule has 1 fully saturated rings. The van der Waals surface area contributed by atoms with Crippen molar-refractivity contribution in [3.05, 3.63) is 17.8 Å². The van der Waals surface area contributed by atoms with Gasteiger partial charge in [-0.05, 0) is 25.7 Å². The van der Waals surface area contributed by atoms with Crippen molar-refractivity contribution in [1.29, 1.82) is 0 Å². The zero-order chi connectivity index (χ0) is 11.7. The Balaban J connectivity index is 1.96. The molecular weight excluding hydrogens is 208 g/mol. The van der Waals surface area contributed by atoms with E-state index in [1.165, 1.54) is 11.3 Å². The molecule has 0 aliphatic heterocycles. The second kappa shape index (κ2) is 4.25. The van der Waals surface area contributed by atoms with E-state index >= 15 is 0 Å². The molecule has 0 saturated heterocycles. The average molecular weight is 224 g/mol. The summed E-state index contributed by atoms with van der Waals surface area (Å²) >= 11 is 0. The molecule has 5 heteroatoms. The van der Waals surface area contributed by atoms with Crippen LogP contribution in [0.25, 0.3) is 0 Å². The van der Waals surface area contributed by atoms with Crippen LogP contribution in [-0.2, 0) is 0 Å². The van der Waals surface area contributed by atoms with Gasteiger partial charge in [-0.2, -0.15) is 0 Å². The van der Waals surface area contributed by atoms with Crippen molar-refractivity contribution in [2.24, 2.45) is 5.92 Å². The van der Waals surface area contributed by atoms with Gasteiger partial charge in [-0.1, -0.05) is 0 Å². The SMILES string of the molecule is Cc1ocnc1C(=O)N(C)CC(O)C1CC1. The molecule has 1 heterocycles. The number of oxazole rings is 1. The molecule has 1 unspecified atom stereocenters. The zero-order valence-corrected chi connectivity index (χ0v) is 9.51. The largest absolute Gasteiger partial charge is 0.448 e. The first-order valence-corrected chi connectivity index (χ1v) is 5.43. The summed E-state index contributed by atoms with van der Waals surface area (Å²) in [5, 5.41) is 9.74. The van der Waals surface area contributed by atoms with Crippen molar-refractivity contribution in [2.45, 2.75) is 25.9 Å². The number of aliphatic hydroxyl groups excluding tert-OH is 1. The molecule has 1 amide bonds. The highest BCUT2D eigenvalue weighted by Gasteiger charge is 2.31. The lowest BCUT2D eigenvalue weighted by molar-refractivity contribution is 0.0639. The highest BCUT2D eigenvalue weighted by atomic mass is 16.3. The van der Waals surface area contributed by atoms with E-state index in [2.05, 4.69) is 4.98 Å². The van der Waals surface area contributed by atoms with Crippen molar-refractivity contribution >= 4 is 5.91 Å². The molecule has 1 atom stereocenters. The topological polar surface area (TPSA) is 66.6 Å². The molecule has 1 aromatic heterocycles. The van der Waals surface area contributed by atoms with Crippen molar-refractivity contribution in [3.8, 4) is 0 Å². The van der Waals surface area contributed by atoms with Crippen molar-refractivity contribution in [3.63, 3.8) is 0 Å². The maximum Gasteiger partial charge on any atom is 0.275 e. The van der Waals surface area contributed by atoms with E-state index in [1.807, 2.05) is 0 Å². The third-order valence-electron chi connectivity index (χ3n) is 2.92. The Morgan fingerprint density at radius 3 is 2.94 bits per heavy atom. The summed E-state index contributed by atoms with van der Waals surface area (Å²) < 4.78 is 4.98. The van der Waals surface area contributed by atoms with Gasteiger partial charge in [-0.25, -0.2) is 4.98 Å². The van der Waals surface area contributed by atoms with Gasteiger partial charge in [0.2, 0.25) is 0 Å². The number of aromatic nitrogens is 1. The van der Waals surface area contributed by atoms with Crippen LogP contribution in [0.15, 0.2) is 10.8 Å². The number of aryl methyl sites for hydroxylation is 1. The number of carbonyl (C=O) groups is 1. The van der Waals surface area contributed by atoms with Crippen molar-refractivity contribution in [2.75, 3.05) is 13.6 Å². The molecule has 88 valence electrons. The number of nitrogens with zero attached hydrogens (tertiary/aromatic N) is 2. The number of aliphatic hydroxyl groups is 1. The second-order valence-corrected chi connectivity index (χ2v) is 4.35. The van der Waals surface area contributed by atoms with Gasteiger partial charge in [0.25, 0.3) is 5.91 Å². The Morgan fingerprint density at radius 2 is 2.44 bits per heavy atom. The number of likely N-dealkylation sites (N-methyl/N-ethyl adjacent to an activating group) is 1. The summed E-state index contributed by atoms with van der Waals surface area (Å²) in [5.41, 5.74) is 0.325. The van der Waals surface area contributed by atoms with Gasteiger partial charge in [0.1, 0.15) is 5.76 Å². The molecule has 0 aromatic carbocycles. The number of hydrogen-bond donors (Lipinski definition) is 1. The van der Waals surface area contributed by atoms with Gasteiger partial charge >= 0.3 is 0 Å². The molecule has 1 aliphatic carbocycles. The first-order chi connectivity index (χ1) is 7.59. The summed E-state index contributed by atoms with van der Waals surface area (Å²) in [6, 6.07) is 0. The van der Waals surface area contributed by atoms with Gasteiger partial charge in [-0.3, -0.25) is 4.79 Å². The Morgan fingerprint density at radius 1 is 1.75 bits per heavy atom. The van der Waals surface area contributed by atoms with Crippen LogP contribution < -0.4 is 0 Å². The smallest absolute Gasteiger partial charge is 0.275 e. The van der Waals surface area contributed by atoms with E-state index in [0.717, 1.165) is 12.8 Å². The van der Waals surface area contributed by atoms with E-state index < -0.39 is 6.10 Å². The Kier molecular flexibility index (Phi) is 2.96. The van der Waals surface area contributed by atoms with E-state index in [1.54, 1.807) is 14.0 Å². The number of amides is 1. The van der Waals surface area contributed by atoms with Crippen LogP contribution in [0.1, 0.15) is 29.1 Å². The van der Waals surface area contributed by atoms with Gasteiger partial charge < -0.3 is 14.4 Å². The average Bonchev–Trinajstić information content (AvgIpc) is 3.01. The number of hydrogen-bond acceptors (Lipinski definition) is 4. The zero-order valence-electron chi connectivity index (χ0n) is 9.51. The number of carbonyl (C=O) groups excluding carboxylic acids is 1. The Labute approximate surface area is 94.1 Å². The molecule has 0 bridgehead atoms.